The topological polar surface area (TPSA) is 122 Å². The molecule has 0 radical (unpaired) electrons. The van der Waals surface area contributed by atoms with Crippen LogP contribution in [-0.2, 0) is 31.9 Å². The van der Waals surface area contributed by atoms with E-state index in [1.807, 2.05) is 19.1 Å². The first-order valence-electron chi connectivity index (χ1n) is 11.4. The number of nitrogens with zero attached hydrogens (tertiary/aromatic N) is 1. The van der Waals surface area contributed by atoms with Gasteiger partial charge in [-0.3, -0.25) is 10.2 Å². The maximum Gasteiger partial charge on any atom is 0.422 e. The van der Waals surface area contributed by atoms with Crippen molar-refractivity contribution in [1.82, 2.24) is 5.32 Å². The van der Waals surface area contributed by atoms with Crippen molar-refractivity contribution in [2.24, 2.45) is 0 Å². The number of ether oxygens (including phenoxy) is 2. The summed E-state index contributed by atoms with van der Waals surface area (Å²) in [6, 6.07) is 12.3. The Morgan fingerprint density at radius 2 is 1.83 bits per heavy atom. The molecule has 0 fully saturated rings. The Morgan fingerprint density at radius 1 is 1.06 bits per heavy atom. The fraction of sp³-hybridized carbons (Fsp3) is 0.308. The van der Waals surface area contributed by atoms with Gasteiger partial charge >= 0.3 is 24.0 Å². The van der Waals surface area contributed by atoms with Gasteiger partial charge in [-0.1, -0.05) is 31.2 Å². The first-order valence-corrected chi connectivity index (χ1v) is 11.4. The second-order valence-corrected chi connectivity index (χ2v) is 8.48. The van der Waals surface area contributed by atoms with Gasteiger partial charge in [-0.25, -0.2) is 19.2 Å². The molecule has 4 rings (SSSR count). The van der Waals surface area contributed by atoms with Gasteiger partial charge in [-0.15, -0.1) is 0 Å². The quantitative estimate of drug-likeness (QED) is 0.390. The number of amides is 1. The van der Waals surface area contributed by atoms with Gasteiger partial charge in [0.2, 0.25) is 0 Å². The summed E-state index contributed by atoms with van der Waals surface area (Å²) in [6.07, 6.45) is 2.39. The Morgan fingerprint density at radius 3 is 2.57 bits per heavy atom. The van der Waals surface area contributed by atoms with E-state index in [0.29, 0.717) is 37.2 Å². The van der Waals surface area contributed by atoms with Gasteiger partial charge in [0.1, 0.15) is 0 Å². The molecule has 0 saturated heterocycles. The van der Waals surface area contributed by atoms with Crippen molar-refractivity contribution in [3.63, 3.8) is 0 Å². The van der Waals surface area contributed by atoms with Gasteiger partial charge in [0, 0.05) is 31.2 Å². The minimum Gasteiger partial charge on any atom is -0.478 e. The second kappa shape index (κ2) is 10.5. The fourth-order valence-electron chi connectivity index (χ4n) is 4.43. The van der Waals surface area contributed by atoms with Crippen LogP contribution in [0.2, 0.25) is 0 Å². The van der Waals surface area contributed by atoms with Crippen LogP contribution in [0.15, 0.2) is 54.6 Å². The zero-order chi connectivity index (χ0) is 24.9. The minimum absolute atomic E-state index is 0.207. The standard InChI is InChI=1S/C26H26N2O7/c1-16-20-14-19-8-5-13-28(26(33)35-25(32)17-6-3-2-4-7-17)21(19)15-18(20)11-12-27-24(16)34-23(31)10-9-22(29)30/h2-4,6-7,9-10,14-16,24,27H,5,8,11-13H2,1H3,(H,29,30)/b10-9+. The summed E-state index contributed by atoms with van der Waals surface area (Å²) in [5.41, 5.74) is 3.96. The number of fused-ring (bicyclic) bond motifs is 2. The predicted molar refractivity (Wildman–Crippen MR) is 126 cm³/mol. The molecule has 0 spiro atoms. The number of aliphatic carboxylic acids is 1. The van der Waals surface area contributed by atoms with Crippen LogP contribution < -0.4 is 10.2 Å². The number of rotatable bonds is 4. The van der Waals surface area contributed by atoms with Gasteiger partial charge in [-0.05, 0) is 54.2 Å². The molecule has 2 aromatic carbocycles. The van der Waals surface area contributed by atoms with Crippen LogP contribution >= 0.6 is 0 Å². The third-order valence-electron chi connectivity index (χ3n) is 6.16. The van der Waals surface area contributed by atoms with Crippen molar-refractivity contribution < 1.29 is 33.8 Å². The number of esters is 2. The molecule has 2 aromatic rings. The van der Waals surface area contributed by atoms with Gasteiger partial charge in [0.25, 0.3) is 0 Å². The summed E-state index contributed by atoms with van der Waals surface area (Å²) < 4.78 is 10.6. The van der Waals surface area contributed by atoms with E-state index in [4.69, 9.17) is 14.6 Å². The molecule has 2 aliphatic rings. The highest BCUT2D eigenvalue weighted by molar-refractivity contribution is 6.01. The number of anilines is 1. The molecule has 0 saturated carbocycles. The normalized spacial score (nSPS) is 19.3. The molecule has 2 atom stereocenters. The highest BCUT2D eigenvalue weighted by Gasteiger charge is 2.31. The summed E-state index contributed by atoms with van der Waals surface area (Å²) >= 11 is 0. The maximum atomic E-state index is 12.9. The lowest BCUT2D eigenvalue weighted by molar-refractivity contribution is -0.146. The van der Waals surface area contributed by atoms with E-state index >= 15 is 0 Å². The average Bonchev–Trinajstić information content (AvgIpc) is 3.00. The molecule has 2 unspecified atom stereocenters. The molecule has 1 amide bonds. The Kier molecular flexibility index (Phi) is 7.26. The second-order valence-electron chi connectivity index (χ2n) is 8.48. The van der Waals surface area contributed by atoms with Crippen molar-refractivity contribution in [3.05, 3.63) is 76.9 Å². The molecule has 2 aliphatic heterocycles. The molecule has 2 N–H and O–H groups in total. The number of carboxylic acids is 1. The number of aryl methyl sites for hydroxylation is 1. The highest BCUT2D eigenvalue weighted by Crippen LogP contribution is 2.36. The first kappa shape index (κ1) is 24.2. The van der Waals surface area contributed by atoms with Crippen LogP contribution in [-0.4, -0.2) is 48.4 Å². The average molecular weight is 479 g/mol. The lowest BCUT2D eigenvalue weighted by Gasteiger charge is -2.31. The molecule has 35 heavy (non-hydrogen) atoms. The van der Waals surface area contributed by atoms with Crippen LogP contribution in [0.4, 0.5) is 10.5 Å². The molecule has 9 heteroatoms. The molecule has 0 aliphatic carbocycles. The van der Waals surface area contributed by atoms with Crippen LogP contribution in [0.5, 0.6) is 0 Å². The van der Waals surface area contributed by atoms with Gasteiger partial charge in [0.15, 0.2) is 6.23 Å². The van der Waals surface area contributed by atoms with Crippen LogP contribution in [0, 0.1) is 0 Å². The third kappa shape index (κ3) is 5.58. The number of hydrogen-bond donors (Lipinski definition) is 2. The molecular formula is C26H26N2O7. The minimum atomic E-state index is -1.23. The van der Waals surface area contributed by atoms with Gasteiger partial charge in [0.05, 0.1) is 11.3 Å². The van der Waals surface area contributed by atoms with Crippen LogP contribution in [0.25, 0.3) is 0 Å². The van der Waals surface area contributed by atoms with Crippen molar-refractivity contribution in [2.75, 3.05) is 18.0 Å². The highest BCUT2D eigenvalue weighted by atomic mass is 16.6. The van der Waals surface area contributed by atoms with E-state index in [2.05, 4.69) is 5.32 Å². The van der Waals surface area contributed by atoms with Crippen molar-refractivity contribution in [3.8, 4) is 0 Å². The summed E-state index contributed by atoms with van der Waals surface area (Å²) in [7, 11) is 0. The van der Waals surface area contributed by atoms with Crippen molar-refractivity contribution in [1.29, 1.82) is 0 Å². The monoisotopic (exact) mass is 478 g/mol. The number of benzene rings is 2. The number of carbonyl (C=O) groups excluding carboxylic acids is 3. The fourth-order valence-corrected chi connectivity index (χ4v) is 4.43. The predicted octanol–water partition coefficient (Wildman–Crippen LogP) is 3.18. The number of carboxylic acid groups (broad SMARTS) is 1. The molecule has 182 valence electrons. The number of hydrogen-bond acceptors (Lipinski definition) is 7. The summed E-state index contributed by atoms with van der Waals surface area (Å²) in [4.78, 5) is 49.5. The van der Waals surface area contributed by atoms with E-state index in [9.17, 15) is 19.2 Å². The van der Waals surface area contributed by atoms with E-state index in [-0.39, 0.29) is 5.92 Å². The summed E-state index contributed by atoms with van der Waals surface area (Å²) in [5.74, 6) is -2.87. The van der Waals surface area contributed by atoms with Crippen molar-refractivity contribution in [2.45, 2.75) is 38.3 Å². The van der Waals surface area contributed by atoms with Crippen LogP contribution in [0.3, 0.4) is 0 Å². The Bertz CT molecular complexity index is 1180. The molecule has 0 aromatic heterocycles. The summed E-state index contributed by atoms with van der Waals surface area (Å²) in [5, 5.41) is 11.9. The van der Waals surface area contributed by atoms with E-state index in [0.717, 1.165) is 35.3 Å². The molecule has 0 bridgehead atoms. The first-order chi connectivity index (χ1) is 16.8. The Balaban J connectivity index is 1.54. The Hall–Kier alpha value is -3.98. The third-order valence-corrected chi connectivity index (χ3v) is 6.16. The van der Waals surface area contributed by atoms with Gasteiger partial charge < -0.3 is 14.6 Å². The lowest BCUT2D eigenvalue weighted by atomic mass is 9.89. The zero-order valence-electron chi connectivity index (χ0n) is 19.2. The molecule has 9 nitrogen and oxygen atoms in total. The maximum absolute atomic E-state index is 12.9. The Labute approximate surface area is 202 Å². The van der Waals surface area contributed by atoms with Crippen molar-refractivity contribution >= 4 is 29.7 Å². The summed E-state index contributed by atoms with van der Waals surface area (Å²) in [6.45, 7) is 2.89. The van der Waals surface area contributed by atoms with E-state index in [1.54, 1.807) is 30.3 Å². The van der Waals surface area contributed by atoms with E-state index in [1.165, 1.54) is 4.90 Å². The molecule has 2 heterocycles. The molecular weight excluding hydrogens is 452 g/mol. The zero-order valence-corrected chi connectivity index (χ0v) is 19.2. The van der Waals surface area contributed by atoms with E-state index < -0.39 is 30.2 Å². The largest absolute Gasteiger partial charge is 0.478 e. The number of carbonyl (C=O) groups is 4. The van der Waals surface area contributed by atoms with Crippen LogP contribution in [0.1, 0.15) is 46.3 Å². The number of nitrogens with one attached hydrogen (secondary N) is 1. The lowest BCUT2D eigenvalue weighted by Crippen LogP contribution is -2.38. The smallest absolute Gasteiger partial charge is 0.422 e. The SMILES string of the molecule is CC1c2cc3c(cc2CCNC1OC(=O)/C=C/C(=O)O)N(C(=O)OC(=O)c1ccccc1)CCC3. The van der Waals surface area contributed by atoms with Gasteiger partial charge in [-0.2, -0.15) is 0 Å².